The normalized spacial score (nSPS) is 22.5. The van der Waals surface area contributed by atoms with Gasteiger partial charge in [-0.1, -0.05) is 87.8 Å². The first-order valence-electron chi connectivity index (χ1n) is 13.3. The summed E-state index contributed by atoms with van der Waals surface area (Å²) in [6.07, 6.45) is 12.2. The van der Waals surface area contributed by atoms with Gasteiger partial charge in [0.1, 0.15) is 11.5 Å². The summed E-state index contributed by atoms with van der Waals surface area (Å²) in [6.45, 7) is 8.88. The van der Waals surface area contributed by atoms with E-state index in [-0.39, 0.29) is 10.8 Å². The van der Waals surface area contributed by atoms with Gasteiger partial charge in [0.15, 0.2) is 0 Å². The van der Waals surface area contributed by atoms with Crippen molar-refractivity contribution in [2.75, 3.05) is 0 Å². The summed E-state index contributed by atoms with van der Waals surface area (Å²) in [7, 11) is -4.10. The molecule has 0 amide bonds. The maximum absolute atomic E-state index is 14.0. The van der Waals surface area contributed by atoms with Crippen LogP contribution in [0.3, 0.4) is 0 Å². The summed E-state index contributed by atoms with van der Waals surface area (Å²) >= 11 is 0. The molecule has 5 nitrogen and oxygen atoms in total. The van der Waals surface area contributed by atoms with Gasteiger partial charge in [-0.25, -0.2) is 10.5 Å². The molecule has 2 fully saturated rings. The van der Waals surface area contributed by atoms with E-state index in [2.05, 4.69) is 52.0 Å². The van der Waals surface area contributed by atoms with Crippen molar-refractivity contribution < 1.29 is 18.2 Å². The number of rotatable bonds is 3. The van der Waals surface area contributed by atoms with Gasteiger partial charge < -0.3 is 9.05 Å². The van der Waals surface area contributed by atoms with Gasteiger partial charge in [-0.3, -0.25) is 0 Å². The van der Waals surface area contributed by atoms with Crippen LogP contribution in [-0.4, -0.2) is 0 Å². The molecule has 2 aromatic rings. The van der Waals surface area contributed by atoms with Crippen LogP contribution < -0.4 is 14.9 Å². The second kappa shape index (κ2) is 9.25. The number of aryl methyl sites for hydroxylation is 2. The van der Waals surface area contributed by atoms with Crippen LogP contribution in [0.5, 0.6) is 11.5 Å². The molecule has 0 saturated heterocycles. The van der Waals surface area contributed by atoms with Crippen molar-refractivity contribution in [3.63, 3.8) is 0 Å². The van der Waals surface area contributed by atoms with E-state index >= 15 is 0 Å². The number of benzene rings is 2. The number of hydrogen-bond acceptors (Lipinski definition) is 5. The predicted octanol–water partition coefficient (Wildman–Crippen LogP) is 8.11. The van der Waals surface area contributed by atoms with Crippen molar-refractivity contribution >= 4 is 7.82 Å². The fourth-order valence-electron chi connectivity index (χ4n) is 6.76. The van der Waals surface area contributed by atoms with E-state index < -0.39 is 7.82 Å². The molecule has 2 saturated carbocycles. The third kappa shape index (κ3) is 4.68. The minimum atomic E-state index is -4.10. The fraction of sp³-hybridized carbons (Fsp3) is 0.586. The van der Waals surface area contributed by atoms with Crippen LogP contribution in [0.15, 0.2) is 24.3 Å². The zero-order valence-electron chi connectivity index (χ0n) is 21.7. The predicted molar refractivity (Wildman–Crippen MR) is 140 cm³/mol. The second-order valence-corrected chi connectivity index (χ2v) is 13.2. The molecular formula is C29H40NO4P. The van der Waals surface area contributed by atoms with Crippen LogP contribution >= 0.6 is 7.82 Å². The second-order valence-electron chi connectivity index (χ2n) is 11.8. The highest BCUT2D eigenvalue weighted by atomic mass is 31.2. The molecule has 190 valence electrons. The lowest BCUT2D eigenvalue weighted by Gasteiger charge is -2.38. The van der Waals surface area contributed by atoms with Gasteiger partial charge >= 0.3 is 7.82 Å². The Kier molecular flexibility index (Phi) is 6.57. The Morgan fingerprint density at radius 3 is 1.51 bits per heavy atom. The molecule has 5 rings (SSSR count). The molecule has 2 aliphatic carbocycles. The van der Waals surface area contributed by atoms with E-state index in [0.29, 0.717) is 17.9 Å². The number of phosphoric acid groups is 1. The molecule has 0 atom stereocenters. The first-order valence-corrected chi connectivity index (χ1v) is 14.8. The van der Waals surface area contributed by atoms with E-state index in [0.717, 1.165) is 47.9 Å². The first-order chi connectivity index (χ1) is 16.6. The quantitative estimate of drug-likeness (QED) is 0.343. The van der Waals surface area contributed by atoms with Crippen molar-refractivity contribution in [1.29, 1.82) is 0 Å². The van der Waals surface area contributed by atoms with Gasteiger partial charge in [-0.05, 0) is 61.5 Å². The summed E-state index contributed by atoms with van der Waals surface area (Å²) in [5.41, 5.74) is 6.55. The van der Waals surface area contributed by atoms with E-state index in [1.807, 2.05) is 0 Å². The zero-order chi connectivity index (χ0) is 24.8. The highest BCUT2D eigenvalue weighted by molar-refractivity contribution is 7.49. The smallest absolute Gasteiger partial charge is 0.394 e. The Morgan fingerprint density at radius 2 is 1.14 bits per heavy atom. The number of phosphoric ester groups is 1. The largest absolute Gasteiger partial charge is 0.604 e. The van der Waals surface area contributed by atoms with Crippen molar-refractivity contribution in [2.24, 2.45) is 5.90 Å². The molecule has 1 aliphatic heterocycles. The van der Waals surface area contributed by atoms with Crippen molar-refractivity contribution in [1.82, 2.24) is 0 Å². The molecule has 2 aromatic carbocycles. The molecule has 3 aliphatic rings. The van der Waals surface area contributed by atoms with Crippen LogP contribution in [0, 0.1) is 13.8 Å². The molecule has 0 unspecified atom stereocenters. The lowest BCUT2D eigenvalue weighted by molar-refractivity contribution is 0.206. The van der Waals surface area contributed by atoms with Crippen molar-refractivity contribution in [3.05, 3.63) is 57.6 Å². The van der Waals surface area contributed by atoms with Crippen LogP contribution in [0.25, 0.3) is 0 Å². The third-order valence-electron chi connectivity index (χ3n) is 8.75. The summed E-state index contributed by atoms with van der Waals surface area (Å²) < 4.78 is 31.5. The van der Waals surface area contributed by atoms with Gasteiger partial charge in [-0.2, -0.15) is 4.62 Å². The SMILES string of the molecule is Cc1cc2c(c(C3(C)CCCCC3)c1)OP(=O)(ON)Oc1c(cc(C)cc1C1(C)CCCCC1)C2. The summed E-state index contributed by atoms with van der Waals surface area (Å²) in [5, 5.41) is 0. The molecule has 0 aromatic heterocycles. The Labute approximate surface area is 210 Å². The monoisotopic (exact) mass is 497 g/mol. The molecule has 0 spiro atoms. The first kappa shape index (κ1) is 24.9. The summed E-state index contributed by atoms with van der Waals surface area (Å²) in [4.78, 5) is 0. The van der Waals surface area contributed by atoms with Gasteiger partial charge in [0, 0.05) is 17.5 Å². The fourth-order valence-corrected chi connectivity index (χ4v) is 7.77. The topological polar surface area (TPSA) is 70.8 Å². The highest BCUT2D eigenvalue weighted by Gasteiger charge is 2.42. The molecular weight excluding hydrogens is 457 g/mol. The molecule has 1 heterocycles. The maximum atomic E-state index is 14.0. The maximum Gasteiger partial charge on any atom is 0.604 e. The van der Waals surface area contributed by atoms with Crippen LogP contribution in [0.2, 0.25) is 0 Å². The lowest BCUT2D eigenvalue weighted by atomic mass is 9.69. The van der Waals surface area contributed by atoms with Crippen LogP contribution in [0.4, 0.5) is 0 Å². The van der Waals surface area contributed by atoms with E-state index in [1.54, 1.807) is 0 Å². The summed E-state index contributed by atoms with van der Waals surface area (Å²) in [5.74, 6) is 6.90. The van der Waals surface area contributed by atoms with E-state index in [1.165, 1.54) is 49.7 Å². The lowest BCUT2D eigenvalue weighted by Crippen LogP contribution is -2.28. The number of nitrogens with two attached hydrogens (primary N) is 1. The van der Waals surface area contributed by atoms with Crippen LogP contribution in [0.1, 0.15) is 111 Å². The highest BCUT2D eigenvalue weighted by Crippen LogP contribution is 2.57. The van der Waals surface area contributed by atoms with E-state index in [9.17, 15) is 4.57 Å². The minimum absolute atomic E-state index is 0.0385. The molecule has 0 radical (unpaired) electrons. The Bertz CT molecular complexity index is 1080. The average Bonchev–Trinajstić information content (AvgIpc) is 2.82. The average molecular weight is 498 g/mol. The standard InChI is InChI=1S/C29H40NO4P/c1-20-15-22-19-23-16-21(2)18-25(29(4)13-9-6-10-14-29)27(23)33-35(31,34-30)32-26(22)24(17-20)28(3)11-7-5-8-12-28/h15-18H,5-14,19,30H2,1-4H3. The Balaban J connectivity index is 1.71. The van der Waals surface area contributed by atoms with Crippen molar-refractivity contribution in [3.8, 4) is 11.5 Å². The van der Waals surface area contributed by atoms with Crippen molar-refractivity contribution in [2.45, 2.75) is 109 Å². The van der Waals surface area contributed by atoms with Gasteiger partial charge in [0.25, 0.3) is 0 Å². The number of fused-ring (bicyclic) bond motifs is 2. The van der Waals surface area contributed by atoms with Crippen LogP contribution in [-0.2, 0) is 26.4 Å². The summed E-state index contributed by atoms with van der Waals surface area (Å²) in [6, 6.07) is 8.70. The molecule has 2 N–H and O–H groups in total. The zero-order valence-corrected chi connectivity index (χ0v) is 22.6. The van der Waals surface area contributed by atoms with Gasteiger partial charge in [0.05, 0.1) is 0 Å². The third-order valence-corrected chi connectivity index (χ3v) is 9.82. The minimum Gasteiger partial charge on any atom is -0.394 e. The number of hydrogen-bond donors (Lipinski definition) is 1. The van der Waals surface area contributed by atoms with Gasteiger partial charge in [-0.15, -0.1) is 0 Å². The van der Waals surface area contributed by atoms with Gasteiger partial charge in [0.2, 0.25) is 0 Å². The molecule has 0 bridgehead atoms. The Morgan fingerprint density at radius 1 is 0.743 bits per heavy atom. The molecule has 6 heteroatoms. The molecule has 35 heavy (non-hydrogen) atoms. The van der Waals surface area contributed by atoms with E-state index in [4.69, 9.17) is 19.6 Å². The Hall–Kier alpha value is -1.81.